The quantitative estimate of drug-likeness (QED) is 0.308. The van der Waals surface area contributed by atoms with Crippen LogP contribution in [0.25, 0.3) is 0 Å². The van der Waals surface area contributed by atoms with Gasteiger partial charge in [0, 0.05) is 0 Å². The number of aldehydes is 1. The molecule has 0 aromatic heterocycles. The van der Waals surface area contributed by atoms with Gasteiger partial charge >= 0.3 is 17.1 Å². The van der Waals surface area contributed by atoms with E-state index in [9.17, 15) is 4.79 Å². The molecule has 13 heavy (non-hydrogen) atoms. The summed E-state index contributed by atoms with van der Waals surface area (Å²) in [5, 5.41) is 0. The maximum absolute atomic E-state index is 9.81. The van der Waals surface area contributed by atoms with Crippen LogP contribution in [0, 0.1) is 12.0 Å². The Balaban J connectivity index is 0. The molecule has 0 bridgehead atoms. The summed E-state index contributed by atoms with van der Waals surface area (Å²) in [5.74, 6) is 0.829. The molecule has 72 valence electrons. The summed E-state index contributed by atoms with van der Waals surface area (Å²) in [5.41, 5.74) is 0. The molecule has 0 unspecified atom stereocenters. The van der Waals surface area contributed by atoms with Crippen molar-refractivity contribution in [2.24, 2.45) is 0 Å². The first-order valence-electron chi connectivity index (χ1n) is 3.91. The Bertz CT molecular complexity index is 173. The van der Waals surface area contributed by atoms with Crippen LogP contribution in [0.2, 0.25) is 0 Å². The zero-order valence-electron chi connectivity index (χ0n) is 7.77. The second-order valence-electron chi connectivity index (χ2n) is 2.46. The number of rotatable bonds is 3. The standard InChI is InChI=1S/C6H9O.C5H5.Fe/c1-3-4-6(2)5-7;1-2-4-5-3-1;/h3,5H,1,4H2,2H3;1-3H,4H2;/q2*-1;+2. The Morgan fingerprint density at radius 1 is 1.69 bits per heavy atom. The third kappa shape index (κ3) is 11.3. The molecule has 1 rings (SSSR count). The monoisotopic (exact) mass is 218 g/mol. The molecule has 0 atom stereocenters. The van der Waals surface area contributed by atoms with Crippen LogP contribution in [-0.4, -0.2) is 6.29 Å². The van der Waals surface area contributed by atoms with E-state index in [2.05, 4.69) is 18.7 Å². The average Bonchev–Trinajstić information content (AvgIpc) is 2.62. The summed E-state index contributed by atoms with van der Waals surface area (Å²) in [6, 6.07) is 0. The summed E-state index contributed by atoms with van der Waals surface area (Å²) < 4.78 is 0. The smallest absolute Gasteiger partial charge is 0.338 e. The summed E-state index contributed by atoms with van der Waals surface area (Å²) >= 11 is 0. The van der Waals surface area contributed by atoms with Gasteiger partial charge in [-0.25, -0.2) is 12.2 Å². The zero-order chi connectivity index (χ0) is 9.23. The number of allylic oxidation sites excluding steroid dienone is 5. The summed E-state index contributed by atoms with van der Waals surface area (Å²) in [6.07, 6.45) is 13.3. The Morgan fingerprint density at radius 2 is 2.38 bits per heavy atom. The van der Waals surface area contributed by atoms with Crippen molar-refractivity contribution in [3.8, 4) is 0 Å². The van der Waals surface area contributed by atoms with Crippen molar-refractivity contribution in [3.05, 3.63) is 42.9 Å². The van der Waals surface area contributed by atoms with Crippen molar-refractivity contribution >= 4 is 6.29 Å². The van der Waals surface area contributed by atoms with E-state index < -0.39 is 0 Å². The topological polar surface area (TPSA) is 17.1 Å². The van der Waals surface area contributed by atoms with Gasteiger partial charge in [-0.15, -0.1) is 25.5 Å². The van der Waals surface area contributed by atoms with Crippen molar-refractivity contribution in [1.29, 1.82) is 0 Å². The molecule has 0 amide bonds. The van der Waals surface area contributed by atoms with Crippen molar-refractivity contribution in [1.82, 2.24) is 0 Å². The number of carbonyl (C=O) groups excluding carboxylic acids is 1. The summed E-state index contributed by atoms with van der Waals surface area (Å²) in [7, 11) is 0. The number of carbonyl (C=O) groups is 1. The molecule has 0 spiro atoms. The first kappa shape index (κ1) is 14.8. The van der Waals surface area contributed by atoms with E-state index >= 15 is 0 Å². The molecular weight excluding hydrogens is 204 g/mol. The third-order valence-corrected chi connectivity index (χ3v) is 1.25. The van der Waals surface area contributed by atoms with Gasteiger partial charge in [-0.2, -0.15) is 13.0 Å². The van der Waals surface area contributed by atoms with Crippen LogP contribution in [0.3, 0.4) is 0 Å². The van der Waals surface area contributed by atoms with Crippen LogP contribution in [-0.2, 0) is 21.9 Å². The fraction of sp³-hybridized carbons (Fsp3) is 0.273. The normalized spacial score (nSPS) is 10.8. The van der Waals surface area contributed by atoms with Gasteiger partial charge in [0.05, 0.1) is 0 Å². The van der Waals surface area contributed by atoms with E-state index in [-0.39, 0.29) is 17.1 Å². The molecule has 1 aliphatic carbocycles. The van der Waals surface area contributed by atoms with Crippen LogP contribution in [0.1, 0.15) is 19.8 Å². The predicted molar refractivity (Wildman–Crippen MR) is 51.4 cm³/mol. The molecule has 0 fully saturated rings. The second kappa shape index (κ2) is 11.3. The minimum atomic E-state index is 0. The van der Waals surface area contributed by atoms with Crippen LogP contribution in [0.5, 0.6) is 0 Å². The molecule has 1 nitrogen and oxygen atoms in total. The molecule has 0 aliphatic heterocycles. The molecular formula is C11H14FeO. The molecule has 2 heteroatoms. The predicted octanol–water partition coefficient (Wildman–Crippen LogP) is 2.66. The number of hydrogen-bond donors (Lipinski definition) is 0. The van der Waals surface area contributed by atoms with Crippen molar-refractivity contribution in [2.75, 3.05) is 0 Å². The van der Waals surface area contributed by atoms with Crippen molar-refractivity contribution in [2.45, 2.75) is 19.8 Å². The average molecular weight is 218 g/mol. The van der Waals surface area contributed by atoms with Gasteiger partial charge in [-0.05, 0) is 6.29 Å². The first-order valence-corrected chi connectivity index (χ1v) is 3.91. The van der Waals surface area contributed by atoms with Crippen LogP contribution in [0.15, 0.2) is 30.9 Å². The minimum absolute atomic E-state index is 0. The molecule has 0 aromatic carbocycles. The van der Waals surface area contributed by atoms with Crippen LogP contribution >= 0.6 is 0 Å². The van der Waals surface area contributed by atoms with Gasteiger partial charge in [0.25, 0.3) is 0 Å². The fourth-order valence-corrected chi connectivity index (χ4v) is 0.616. The van der Waals surface area contributed by atoms with E-state index in [1.165, 1.54) is 0 Å². The van der Waals surface area contributed by atoms with Gasteiger partial charge in [0.2, 0.25) is 0 Å². The van der Waals surface area contributed by atoms with Gasteiger partial charge in [-0.1, -0.05) is 0 Å². The summed E-state index contributed by atoms with van der Waals surface area (Å²) in [6.45, 7) is 5.26. The van der Waals surface area contributed by atoms with E-state index in [1.807, 2.05) is 12.2 Å². The molecule has 0 N–H and O–H groups in total. The molecule has 0 heterocycles. The van der Waals surface area contributed by atoms with E-state index in [0.29, 0.717) is 6.42 Å². The molecule has 0 aromatic rings. The Morgan fingerprint density at radius 3 is 2.54 bits per heavy atom. The van der Waals surface area contributed by atoms with Crippen molar-refractivity contribution < 1.29 is 21.9 Å². The maximum Gasteiger partial charge on any atom is 2.00 e. The molecule has 0 saturated heterocycles. The number of hydrogen-bond acceptors (Lipinski definition) is 1. The van der Waals surface area contributed by atoms with Crippen LogP contribution in [0.4, 0.5) is 0 Å². The minimum Gasteiger partial charge on any atom is -0.338 e. The maximum atomic E-state index is 9.81. The zero-order valence-corrected chi connectivity index (χ0v) is 8.87. The van der Waals surface area contributed by atoms with Gasteiger partial charge in [0.15, 0.2) is 0 Å². The van der Waals surface area contributed by atoms with E-state index in [4.69, 9.17) is 0 Å². The van der Waals surface area contributed by atoms with E-state index in [1.54, 1.807) is 13.0 Å². The Hall–Kier alpha value is -0.721. The Kier molecular flexibility index (Phi) is 12.8. The van der Waals surface area contributed by atoms with Gasteiger partial charge in [-0.3, -0.25) is 6.08 Å². The van der Waals surface area contributed by atoms with Crippen molar-refractivity contribution in [3.63, 3.8) is 0 Å². The Labute approximate surface area is 91.1 Å². The van der Waals surface area contributed by atoms with E-state index in [0.717, 1.165) is 18.6 Å². The van der Waals surface area contributed by atoms with Gasteiger partial charge < -0.3 is 10.7 Å². The molecule has 1 aliphatic rings. The van der Waals surface area contributed by atoms with Crippen LogP contribution < -0.4 is 0 Å². The van der Waals surface area contributed by atoms with Gasteiger partial charge in [0.1, 0.15) is 0 Å². The third-order valence-electron chi connectivity index (χ3n) is 1.25. The summed E-state index contributed by atoms with van der Waals surface area (Å²) in [4.78, 5) is 9.81. The second-order valence-corrected chi connectivity index (χ2v) is 2.46. The fourth-order valence-electron chi connectivity index (χ4n) is 0.616. The first-order chi connectivity index (χ1) is 5.81. The molecule has 0 radical (unpaired) electrons. The SMILES string of the molecule is C=CC[C-](C)C=O.[C-]1=CC=CC1.[Fe+2]. The molecule has 0 saturated carbocycles. The largest absolute Gasteiger partial charge is 2.00 e.